The van der Waals surface area contributed by atoms with Gasteiger partial charge in [-0.15, -0.1) is 0 Å². The van der Waals surface area contributed by atoms with E-state index < -0.39 is 11.4 Å². The Kier molecular flexibility index (Phi) is 4.99. The summed E-state index contributed by atoms with van der Waals surface area (Å²) in [6, 6.07) is 4.47. The van der Waals surface area contributed by atoms with Crippen molar-refractivity contribution in [3.63, 3.8) is 0 Å². The van der Waals surface area contributed by atoms with Crippen LogP contribution in [-0.2, 0) is 0 Å². The highest BCUT2D eigenvalue weighted by molar-refractivity contribution is 6.03. The van der Waals surface area contributed by atoms with Crippen LogP contribution in [0.4, 0.5) is 4.39 Å². The van der Waals surface area contributed by atoms with Gasteiger partial charge in [0.2, 0.25) is 0 Å². The van der Waals surface area contributed by atoms with Crippen LogP contribution in [0.5, 0.6) is 5.75 Å². The van der Waals surface area contributed by atoms with Crippen LogP contribution in [0.1, 0.15) is 49.9 Å². The Labute approximate surface area is 126 Å². The molecule has 1 aliphatic heterocycles. The van der Waals surface area contributed by atoms with Crippen molar-refractivity contribution in [2.24, 2.45) is 0 Å². The summed E-state index contributed by atoms with van der Waals surface area (Å²) < 4.78 is 18.8. The lowest BCUT2D eigenvalue weighted by Gasteiger charge is -2.41. The lowest BCUT2D eigenvalue weighted by molar-refractivity contribution is 0.0505. The highest BCUT2D eigenvalue weighted by Crippen LogP contribution is 2.29. The molecule has 0 aromatic heterocycles. The molecule has 1 aromatic carbocycles. The number of methoxy groups -OCH3 is 1. The summed E-state index contributed by atoms with van der Waals surface area (Å²) >= 11 is 0. The number of carbonyl (C=O) groups is 1. The number of rotatable bonds is 5. The Hall–Kier alpha value is -1.42. The zero-order chi connectivity index (χ0) is 15.5. The third-order valence-electron chi connectivity index (χ3n) is 4.65. The van der Waals surface area contributed by atoms with Crippen molar-refractivity contribution in [2.75, 3.05) is 20.2 Å². The molecule has 1 saturated heterocycles. The van der Waals surface area contributed by atoms with Crippen molar-refractivity contribution < 1.29 is 13.9 Å². The molecule has 0 spiro atoms. The zero-order valence-corrected chi connectivity index (χ0v) is 13.1. The average Bonchev–Trinajstić information content (AvgIpc) is 2.54. The molecule has 1 fully saturated rings. The van der Waals surface area contributed by atoms with Crippen LogP contribution in [-0.4, -0.2) is 36.4 Å². The summed E-state index contributed by atoms with van der Waals surface area (Å²) in [7, 11) is 1.42. The first-order valence-corrected chi connectivity index (χ1v) is 7.66. The number of halogens is 1. The van der Waals surface area contributed by atoms with Gasteiger partial charge < -0.3 is 4.74 Å². The van der Waals surface area contributed by atoms with Gasteiger partial charge in [-0.1, -0.05) is 13.3 Å². The third kappa shape index (κ3) is 3.10. The summed E-state index contributed by atoms with van der Waals surface area (Å²) in [6.45, 7) is 5.87. The minimum Gasteiger partial charge on any atom is -0.494 e. The second-order valence-corrected chi connectivity index (χ2v) is 5.85. The van der Waals surface area contributed by atoms with Crippen LogP contribution in [0.3, 0.4) is 0 Å². The Balaban J connectivity index is 2.28. The van der Waals surface area contributed by atoms with E-state index in [0.717, 1.165) is 32.4 Å². The summed E-state index contributed by atoms with van der Waals surface area (Å²) in [5, 5.41) is 0. The molecule has 0 aliphatic carbocycles. The van der Waals surface area contributed by atoms with Gasteiger partial charge in [0.15, 0.2) is 17.3 Å². The third-order valence-corrected chi connectivity index (χ3v) is 4.65. The minimum atomic E-state index is -0.554. The highest BCUT2D eigenvalue weighted by atomic mass is 19.1. The maximum atomic E-state index is 13.9. The summed E-state index contributed by atoms with van der Waals surface area (Å²) in [5.41, 5.74) is -0.134. The quantitative estimate of drug-likeness (QED) is 0.776. The van der Waals surface area contributed by atoms with E-state index in [4.69, 9.17) is 4.74 Å². The Morgan fingerprint density at radius 2 is 2.00 bits per heavy atom. The van der Waals surface area contributed by atoms with Gasteiger partial charge in [0.1, 0.15) is 0 Å². The number of benzene rings is 1. The van der Waals surface area contributed by atoms with Crippen LogP contribution in [0.2, 0.25) is 0 Å². The van der Waals surface area contributed by atoms with Crippen molar-refractivity contribution in [3.8, 4) is 5.75 Å². The molecular weight excluding hydrogens is 269 g/mol. The van der Waals surface area contributed by atoms with E-state index in [2.05, 4.69) is 4.90 Å². The van der Waals surface area contributed by atoms with E-state index in [1.165, 1.54) is 25.7 Å². The van der Waals surface area contributed by atoms with E-state index in [1.807, 2.05) is 13.8 Å². The summed E-state index contributed by atoms with van der Waals surface area (Å²) in [4.78, 5) is 15.2. The zero-order valence-electron chi connectivity index (χ0n) is 13.1. The molecule has 0 saturated carbocycles. The number of ketones is 1. The van der Waals surface area contributed by atoms with E-state index in [1.54, 1.807) is 6.07 Å². The number of hydrogen-bond acceptors (Lipinski definition) is 3. The smallest absolute Gasteiger partial charge is 0.182 e. The summed E-state index contributed by atoms with van der Waals surface area (Å²) in [5.74, 6) is -0.323. The van der Waals surface area contributed by atoms with E-state index in [0.29, 0.717) is 5.56 Å². The van der Waals surface area contributed by atoms with Crippen LogP contribution < -0.4 is 4.74 Å². The van der Waals surface area contributed by atoms with Gasteiger partial charge in [-0.3, -0.25) is 9.69 Å². The molecular formula is C17H24FNO2. The fourth-order valence-corrected chi connectivity index (χ4v) is 3.03. The number of ether oxygens (including phenoxy) is 1. The predicted octanol–water partition coefficient (Wildman–Crippen LogP) is 3.67. The minimum absolute atomic E-state index is 0.00606. The van der Waals surface area contributed by atoms with Gasteiger partial charge in [0.25, 0.3) is 0 Å². The fraction of sp³-hybridized carbons (Fsp3) is 0.588. The molecule has 0 radical (unpaired) electrons. The number of carbonyl (C=O) groups excluding carboxylic acids is 1. The van der Waals surface area contributed by atoms with E-state index >= 15 is 0 Å². The molecule has 1 unspecified atom stereocenters. The Morgan fingerprint density at radius 1 is 1.33 bits per heavy atom. The molecule has 3 nitrogen and oxygen atoms in total. The monoisotopic (exact) mass is 293 g/mol. The molecule has 1 aliphatic rings. The molecule has 116 valence electrons. The van der Waals surface area contributed by atoms with Crippen LogP contribution in [0.25, 0.3) is 0 Å². The number of piperidine rings is 1. The standard InChI is InChI=1S/C17H24FNO2/c1-4-17(2,19-10-6-5-7-11-19)16(20)13-8-9-15(21-3)14(18)12-13/h8-9,12H,4-7,10-11H2,1-3H3. The number of hydrogen-bond donors (Lipinski definition) is 0. The molecule has 0 N–H and O–H groups in total. The largest absolute Gasteiger partial charge is 0.494 e. The molecule has 1 atom stereocenters. The number of Topliss-reactive ketones (excluding diaryl/α,β-unsaturated/α-hetero) is 1. The maximum Gasteiger partial charge on any atom is 0.182 e. The van der Waals surface area contributed by atoms with Gasteiger partial charge in [-0.05, 0) is 57.5 Å². The molecule has 4 heteroatoms. The predicted molar refractivity (Wildman–Crippen MR) is 81.4 cm³/mol. The average molecular weight is 293 g/mol. The van der Waals surface area contributed by atoms with Gasteiger partial charge >= 0.3 is 0 Å². The highest BCUT2D eigenvalue weighted by Gasteiger charge is 2.38. The Morgan fingerprint density at radius 3 is 2.52 bits per heavy atom. The van der Waals surface area contributed by atoms with Crippen LogP contribution >= 0.6 is 0 Å². The Bertz CT molecular complexity index is 512. The topological polar surface area (TPSA) is 29.5 Å². The lowest BCUT2D eigenvalue weighted by atomic mass is 9.85. The van der Waals surface area contributed by atoms with Gasteiger partial charge in [0.05, 0.1) is 12.6 Å². The SMILES string of the molecule is CCC(C)(C(=O)c1ccc(OC)c(F)c1)N1CCCCC1. The van der Waals surface area contributed by atoms with Gasteiger partial charge in [0, 0.05) is 5.56 Å². The van der Waals surface area contributed by atoms with Crippen LogP contribution in [0, 0.1) is 5.82 Å². The number of likely N-dealkylation sites (tertiary alicyclic amines) is 1. The first-order valence-electron chi connectivity index (χ1n) is 7.66. The van der Waals surface area contributed by atoms with E-state index in [-0.39, 0.29) is 11.5 Å². The first-order chi connectivity index (χ1) is 10.0. The van der Waals surface area contributed by atoms with Crippen molar-refractivity contribution in [2.45, 2.75) is 45.1 Å². The van der Waals surface area contributed by atoms with Gasteiger partial charge in [-0.25, -0.2) is 4.39 Å². The molecule has 1 heterocycles. The molecule has 2 rings (SSSR count). The van der Waals surface area contributed by atoms with E-state index in [9.17, 15) is 9.18 Å². The second kappa shape index (κ2) is 6.56. The first kappa shape index (κ1) is 16.0. The van der Waals surface area contributed by atoms with Crippen molar-refractivity contribution in [1.29, 1.82) is 0 Å². The lowest BCUT2D eigenvalue weighted by Crippen LogP contribution is -2.53. The molecule has 0 bridgehead atoms. The fourth-order valence-electron chi connectivity index (χ4n) is 3.03. The normalized spacial score (nSPS) is 19.0. The molecule has 0 amide bonds. The van der Waals surface area contributed by atoms with Crippen molar-refractivity contribution >= 4 is 5.78 Å². The summed E-state index contributed by atoms with van der Waals surface area (Å²) in [6.07, 6.45) is 4.20. The van der Waals surface area contributed by atoms with Crippen LogP contribution in [0.15, 0.2) is 18.2 Å². The molecule has 1 aromatic rings. The molecule has 21 heavy (non-hydrogen) atoms. The van der Waals surface area contributed by atoms with Crippen molar-refractivity contribution in [3.05, 3.63) is 29.6 Å². The second-order valence-electron chi connectivity index (χ2n) is 5.85. The number of nitrogens with zero attached hydrogens (tertiary/aromatic N) is 1. The maximum absolute atomic E-state index is 13.9. The van der Waals surface area contributed by atoms with Gasteiger partial charge in [-0.2, -0.15) is 0 Å². The van der Waals surface area contributed by atoms with Crippen molar-refractivity contribution in [1.82, 2.24) is 4.90 Å².